The second-order valence-electron chi connectivity index (χ2n) is 3.35. The predicted molar refractivity (Wildman–Crippen MR) is 61.3 cm³/mol. The Hall–Kier alpha value is -0.390. The van der Waals surface area contributed by atoms with Gasteiger partial charge in [-0.25, -0.2) is 0 Å². The Bertz CT molecular complexity index is 296. The van der Waals surface area contributed by atoms with Crippen LogP contribution < -0.4 is 0 Å². The van der Waals surface area contributed by atoms with E-state index >= 15 is 0 Å². The van der Waals surface area contributed by atoms with Crippen LogP contribution in [-0.2, 0) is 14.3 Å². The molecule has 0 bridgehead atoms. The van der Waals surface area contributed by atoms with Crippen molar-refractivity contribution in [3.63, 3.8) is 0 Å². The van der Waals surface area contributed by atoms with E-state index in [-0.39, 0.29) is 5.78 Å². The minimum absolute atomic E-state index is 0.107. The molecule has 1 aliphatic rings. The Labute approximate surface area is 97.0 Å². The lowest BCUT2D eigenvalue weighted by Gasteiger charge is -2.25. The first-order valence-electron chi connectivity index (χ1n) is 4.44. The number of alkyl halides is 1. The lowest BCUT2D eigenvalue weighted by atomic mass is 9.78. The molecule has 14 heavy (non-hydrogen) atoms. The van der Waals surface area contributed by atoms with E-state index in [9.17, 15) is 9.59 Å². The van der Waals surface area contributed by atoms with E-state index in [4.69, 9.17) is 4.74 Å². The molecule has 0 amide bonds. The summed E-state index contributed by atoms with van der Waals surface area (Å²) in [5, 5.41) is 0. The Kier molecular flexibility index (Phi) is 3.69. The van der Waals surface area contributed by atoms with Crippen molar-refractivity contribution in [1.82, 2.24) is 0 Å². The zero-order valence-electron chi connectivity index (χ0n) is 8.30. The highest BCUT2D eigenvalue weighted by Gasteiger charge is 2.48. The minimum Gasteiger partial charge on any atom is -0.468 e. The van der Waals surface area contributed by atoms with Gasteiger partial charge in [0.25, 0.3) is 0 Å². The van der Waals surface area contributed by atoms with Crippen LogP contribution in [0.5, 0.6) is 0 Å². The smallest absolute Gasteiger partial charge is 0.323 e. The number of hydrogen-bond acceptors (Lipinski definition) is 3. The summed E-state index contributed by atoms with van der Waals surface area (Å²) in [6.45, 7) is 1.46. The van der Waals surface area contributed by atoms with Crippen LogP contribution in [0, 0.1) is 5.41 Å². The molecule has 1 rings (SSSR count). The third kappa shape index (κ3) is 1.60. The fraction of sp³-hybridized carbons (Fsp3) is 0.600. The monoisotopic (exact) mass is 308 g/mol. The van der Waals surface area contributed by atoms with Crippen molar-refractivity contribution in [3.05, 3.63) is 11.6 Å². The Morgan fingerprint density at radius 2 is 2.29 bits per heavy atom. The summed E-state index contributed by atoms with van der Waals surface area (Å²) in [7, 11) is 1.33. The summed E-state index contributed by atoms with van der Waals surface area (Å²) in [5.74, 6) is -0.518. The normalized spacial score (nSPS) is 25.8. The molecule has 0 aromatic rings. The zero-order chi connectivity index (χ0) is 10.8. The average molecular weight is 308 g/mol. The molecule has 1 atom stereocenters. The van der Waals surface area contributed by atoms with Gasteiger partial charge < -0.3 is 4.74 Å². The molecule has 3 nitrogen and oxygen atoms in total. The second kappa shape index (κ2) is 4.42. The molecule has 0 saturated heterocycles. The summed E-state index contributed by atoms with van der Waals surface area (Å²) in [5.41, 5.74) is -0.0758. The molecule has 78 valence electrons. The van der Waals surface area contributed by atoms with Crippen molar-refractivity contribution in [1.29, 1.82) is 0 Å². The lowest BCUT2D eigenvalue weighted by Crippen LogP contribution is -2.39. The first kappa shape index (κ1) is 11.7. The maximum Gasteiger partial charge on any atom is 0.323 e. The highest BCUT2D eigenvalue weighted by Crippen LogP contribution is 2.41. The number of rotatable bonds is 3. The van der Waals surface area contributed by atoms with Gasteiger partial charge in [-0.2, -0.15) is 0 Å². The number of ether oxygens (including phenoxy) is 1. The number of Topliss-reactive ketones (excluding diaryl/α,β-unsaturated/α-hetero) is 1. The molecular formula is C10H13IO3. The maximum atomic E-state index is 11.7. The van der Waals surface area contributed by atoms with Gasteiger partial charge >= 0.3 is 5.97 Å². The molecule has 0 N–H and O–H groups in total. The van der Waals surface area contributed by atoms with Crippen molar-refractivity contribution >= 4 is 34.3 Å². The number of carbonyl (C=O) groups excluding carboxylic acids is 2. The molecule has 0 aliphatic heterocycles. The highest BCUT2D eigenvalue weighted by atomic mass is 127. The lowest BCUT2D eigenvalue weighted by molar-refractivity contribution is -0.154. The Morgan fingerprint density at radius 1 is 1.64 bits per heavy atom. The van der Waals surface area contributed by atoms with Crippen LogP contribution in [-0.4, -0.2) is 23.3 Å². The van der Waals surface area contributed by atoms with Crippen molar-refractivity contribution in [2.75, 3.05) is 11.5 Å². The van der Waals surface area contributed by atoms with Gasteiger partial charge in [0.2, 0.25) is 0 Å². The molecule has 0 aromatic heterocycles. The number of carbonyl (C=O) groups is 2. The van der Waals surface area contributed by atoms with Crippen LogP contribution in [0.4, 0.5) is 0 Å². The van der Waals surface area contributed by atoms with Crippen molar-refractivity contribution in [2.45, 2.75) is 19.8 Å². The predicted octanol–water partition coefficient (Wildman–Crippen LogP) is 1.89. The number of allylic oxidation sites excluding steroid dienone is 1. The largest absolute Gasteiger partial charge is 0.468 e. The molecule has 0 fully saturated rings. The van der Waals surface area contributed by atoms with E-state index in [0.29, 0.717) is 10.8 Å². The van der Waals surface area contributed by atoms with Gasteiger partial charge in [0.05, 0.1) is 7.11 Å². The number of ketones is 1. The number of hydrogen-bond donors (Lipinski definition) is 0. The SMILES string of the molecule is COC(=O)C1(C(C)=O)CCC=C1CI. The Balaban J connectivity index is 3.12. The quantitative estimate of drug-likeness (QED) is 0.263. The third-order valence-electron chi connectivity index (χ3n) is 2.74. The van der Waals surface area contributed by atoms with Crippen LogP contribution >= 0.6 is 22.6 Å². The van der Waals surface area contributed by atoms with Crippen molar-refractivity contribution in [2.24, 2.45) is 5.41 Å². The van der Waals surface area contributed by atoms with E-state index in [1.807, 2.05) is 6.08 Å². The van der Waals surface area contributed by atoms with E-state index in [2.05, 4.69) is 22.6 Å². The molecule has 4 heteroatoms. The number of esters is 1. The van der Waals surface area contributed by atoms with Crippen LogP contribution in [0.3, 0.4) is 0 Å². The van der Waals surface area contributed by atoms with Gasteiger partial charge in [-0.3, -0.25) is 9.59 Å². The summed E-state index contributed by atoms with van der Waals surface area (Å²) in [6, 6.07) is 0. The average Bonchev–Trinajstić information content (AvgIpc) is 2.60. The molecule has 1 unspecified atom stereocenters. The summed E-state index contributed by atoms with van der Waals surface area (Å²) < 4.78 is 5.43. The van der Waals surface area contributed by atoms with E-state index < -0.39 is 11.4 Å². The van der Waals surface area contributed by atoms with E-state index in [1.165, 1.54) is 14.0 Å². The van der Waals surface area contributed by atoms with Gasteiger partial charge in [0.15, 0.2) is 5.78 Å². The summed E-state index contributed by atoms with van der Waals surface area (Å²) in [6.07, 6.45) is 3.32. The fourth-order valence-electron chi connectivity index (χ4n) is 1.92. The Morgan fingerprint density at radius 3 is 2.71 bits per heavy atom. The van der Waals surface area contributed by atoms with Crippen LogP contribution in [0.2, 0.25) is 0 Å². The molecule has 1 aliphatic carbocycles. The van der Waals surface area contributed by atoms with Gasteiger partial charge in [0, 0.05) is 4.43 Å². The highest BCUT2D eigenvalue weighted by molar-refractivity contribution is 14.1. The van der Waals surface area contributed by atoms with Crippen LogP contribution in [0.15, 0.2) is 11.6 Å². The topological polar surface area (TPSA) is 43.4 Å². The van der Waals surface area contributed by atoms with E-state index in [1.54, 1.807) is 0 Å². The molecule has 0 aromatic carbocycles. The maximum absolute atomic E-state index is 11.7. The van der Waals surface area contributed by atoms with Gasteiger partial charge in [-0.1, -0.05) is 28.7 Å². The molecule has 0 radical (unpaired) electrons. The second-order valence-corrected chi connectivity index (χ2v) is 4.12. The van der Waals surface area contributed by atoms with Gasteiger partial charge in [0.1, 0.15) is 5.41 Å². The van der Waals surface area contributed by atoms with Gasteiger partial charge in [-0.15, -0.1) is 0 Å². The summed E-state index contributed by atoms with van der Waals surface area (Å²) in [4.78, 5) is 23.3. The fourth-order valence-corrected chi connectivity index (χ4v) is 2.88. The first-order chi connectivity index (χ1) is 6.59. The molecular weight excluding hydrogens is 295 g/mol. The third-order valence-corrected chi connectivity index (χ3v) is 3.56. The zero-order valence-corrected chi connectivity index (χ0v) is 10.5. The van der Waals surface area contributed by atoms with Crippen molar-refractivity contribution in [3.8, 4) is 0 Å². The van der Waals surface area contributed by atoms with Crippen LogP contribution in [0.1, 0.15) is 19.8 Å². The standard InChI is InChI=1S/C10H13IO3/c1-7(12)10(9(13)14-2)5-3-4-8(10)6-11/h4H,3,5-6H2,1-2H3. The first-order valence-corrected chi connectivity index (χ1v) is 5.97. The van der Waals surface area contributed by atoms with E-state index in [0.717, 1.165) is 12.0 Å². The minimum atomic E-state index is -0.976. The molecule has 0 saturated carbocycles. The molecule has 0 heterocycles. The molecule has 0 spiro atoms. The van der Waals surface area contributed by atoms with Crippen LogP contribution in [0.25, 0.3) is 0 Å². The summed E-state index contributed by atoms with van der Waals surface area (Å²) >= 11 is 2.17. The number of methoxy groups -OCH3 is 1. The van der Waals surface area contributed by atoms with Crippen molar-refractivity contribution < 1.29 is 14.3 Å². The van der Waals surface area contributed by atoms with Gasteiger partial charge in [-0.05, 0) is 25.3 Å². The number of halogens is 1.